The second-order valence-corrected chi connectivity index (χ2v) is 8.57. The number of aromatic amines is 2. The maximum absolute atomic E-state index is 4.98. The minimum Gasteiger partial charge on any atom is -0.361 e. The van der Waals surface area contributed by atoms with Gasteiger partial charge in [-0.3, -0.25) is 0 Å². The van der Waals surface area contributed by atoms with E-state index in [0.717, 1.165) is 36.0 Å². The highest BCUT2D eigenvalue weighted by atomic mass is 15.0. The second-order valence-electron chi connectivity index (χ2n) is 8.57. The molecule has 4 nitrogen and oxygen atoms in total. The maximum Gasteiger partial charge on any atom is 0.124 e. The normalized spacial score (nSPS) is 16.1. The molecule has 0 spiro atoms. The Hall–Kier alpha value is -2.85. The number of benzene rings is 2. The van der Waals surface area contributed by atoms with Crippen molar-refractivity contribution in [3.8, 4) is 11.3 Å². The molecule has 3 N–H and O–H groups in total. The van der Waals surface area contributed by atoms with Crippen LogP contribution in [0.5, 0.6) is 0 Å². The Morgan fingerprint density at radius 3 is 2.57 bits per heavy atom. The van der Waals surface area contributed by atoms with Crippen molar-refractivity contribution in [1.29, 1.82) is 0 Å². The first kappa shape index (κ1) is 19.1. The van der Waals surface area contributed by atoms with Gasteiger partial charge < -0.3 is 15.3 Å². The van der Waals surface area contributed by atoms with Gasteiger partial charge in [-0.2, -0.15) is 0 Å². The number of fused-ring (bicyclic) bond motifs is 1. The molecule has 4 heteroatoms. The Balaban J connectivity index is 1.39. The quantitative estimate of drug-likeness (QED) is 0.357. The van der Waals surface area contributed by atoms with Crippen LogP contribution in [-0.2, 0) is 6.42 Å². The highest BCUT2D eigenvalue weighted by Crippen LogP contribution is 2.27. The van der Waals surface area contributed by atoms with Crippen LogP contribution in [0.25, 0.3) is 22.2 Å². The summed E-state index contributed by atoms with van der Waals surface area (Å²) < 4.78 is 0. The summed E-state index contributed by atoms with van der Waals surface area (Å²) in [6.07, 6.45) is 11.9. The van der Waals surface area contributed by atoms with Crippen LogP contribution in [0, 0.1) is 5.92 Å². The zero-order valence-electron chi connectivity index (χ0n) is 17.4. The Kier molecular flexibility index (Phi) is 5.67. The first-order chi connectivity index (χ1) is 14.9. The summed E-state index contributed by atoms with van der Waals surface area (Å²) in [6, 6.07) is 19.1. The van der Waals surface area contributed by atoms with Gasteiger partial charge >= 0.3 is 0 Å². The summed E-state index contributed by atoms with van der Waals surface area (Å²) in [7, 11) is 0. The lowest BCUT2D eigenvalue weighted by molar-refractivity contribution is 0.325. The molecule has 1 saturated carbocycles. The predicted molar refractivity (Wildman–Crippen MR) is 123 cm³/mol. The summed E-state index contributed by atoms with van der Waals surface area (Å²) in [4.78, 5) is 11.9. The molecule has 5 rings (SSSR count). The highest BCUT2D eigenvalue weighted by molar-refractivity contribution is 5.83. The number of H-pyrrole nitrogens is 2. The van der Waals surface area contributed by atoms with Gasteiger partial charge in [0, 0.05) is 28.9 Å². The highest BCUT2D eigenvalue weighted by Gasteiger charge is 2.21. The van der Waals surface area contributed by atoms with Gasteiger partial charge in [-0.05, 0) is 43.4 Å². The molecule has 0 aliphatic heterocycles. The van der Waals surface area contributed by atoms with Gasteiger partial charge in [0.2, 0.25) is 0 Å². The average molecular weight is 399 g/mol. The Bertz CT molecular complexity index is 1070. The monoisotopic (exact) mass is 398 g/mol. The molecule has 2 heterocycles. The van der Waals surface area contributed by atoms with Crippen LogP contribution in [0.15, 0.2) is 67.0 Å². The third-order valence-electron chi connectivity index (χ3n) is 6.47. The smallest absolute Gasteiger partial charge is 0.124 e. The third kappa shape index (κ3) is 4.19. The molecule has 1 aliphatic rings. The van der Waals surface area contributed by atoms with E-state index in [4.69, 9.17) is 4.98 Å². The van der Waals surface area contributed by atoms with Crippen molar-refractivity contribution in [2.45, 2.75) is 44.6 Å². The zero-order valence-corrected chi connectivity index (χ0v) is 17.4. The average Bonchev–Trinajstić information content (AvgIpc) is 3.46. The van der Waals surface area contributed by atoms with Crippen molar-refractivity contribution in [1.82, 2.24) is 20.3 Å². The lowest BCUT2D eigenvalue weighted by Gasteiger charge is -2.25. The molecule has 1 aliphatic carbocycles. The van der Waals surface area contributed by atoms with E-state index in [-0.39, 0.29) is 6.04 Å². The number of rotatable bonds is 7. The molecule has 0 amide bonds. The van der Waals surface area contributed by atoms with E-state index < -0.39 is 0 Å². The van der Waals surface area contributed by atoms with Crippen molar-refractivity contribution >= 4 is 10.9 Å². The van der Waals surface area contributed by atoms with E-state index >= 15 is 0 Å². The van der Waals surface area contributed by atoms with Crippen LogP contribution in [-0.4, -0.2) is 21.5 Å². The van der Waals surface area contributed by atoms with Gasteiger partial charge in [0.1, 0.15) is 5.82 Å². The second kappa shape index (κ2) is 8.88. The van der Waals surface area contributed by atoms with Crippen molar-refractivity contribution in [2.24, 2.45) is 5.92 Å². The summed E-state index contributed by atoms with van der Waals surface area (Å²) in [6.45, 7) is 1.06. The molecule has 0 bridgehead atoms. The van der Waals surface area contributed by atoms with Gasteiger partial charge in [-0.15, -0.1) is 0 Å². The Morgan fingerprint density at radius 1 is 0.900 bits per heavy atom. The molecule has 0 saturated heterocycles. The fraction of sp³-hybridized carbons (Fsp3) is 0.346. The molecule has 2 aromatic heterocycles. The van der Waals surface area contributed by atoms with Crippen molar-refractivity contribution in [3.05, 3.63) is 78.4 Å². The number of para-hydroxylation sites is 1. The molecule has 154 valence electrons. The molecule has 2 aromatic carbocycles. The van der Waals surface area contributed by atoms with Crippen molar-refractivity contribution < 1.29 is 0 Å². The number of hydrogen-bond donors (Lipinski definition) is 3. The van der Waals surface area contributed by atoms with Crippen LogP contribution in [0.4, 0.5) is 0 Å². The number of hydrogen-bond acceptors (Lipinski definition) is 2. The van der Waals surface area contributed by atoms with Crippen LogP contribution < -0.4 is 5.32 Å². The Morgan fingerprint density at radius 2 is 1.70 bits per heavy atom. The fourth-order valence-electron chi connectivity index (χ4n) is 4.76. The SMILES string of the molecule is c1ccc(-c2c[nH]c([C@@H](Cc3c[nH]c4ccccc34)NCC3CCCCC3)n2)cc1. The summed E-state index contributed by atoms with van der Waals surface area (Å²) >= 11 is 0. The van der Waals surface area contributed by atoms with Crippen LogP contribution >= 0.6 is 0 Å². The van der Waals surface area contributed by atoms with E-state index in [1.165, 1.54) is 48.6 Å². The number of aromatic nitrogens is 3. The summed E-state index contributed by atoms with van der Waals surface area (Å²) in [5.74, 6) is 1.81. The van der Waals surface area contributed by atoms with E-state index in [1.807, 2.05) is 12.3 Å². The van der Waals surface area contributed by atoms with Gasteiger partial charge in [-0.1, -0.05) is 67.8 Å². The molecule has 0 unspecified atom stereocenters. The minimum absolute atomic E-state index is 0.170. The van der Waals surface area contributed by atoms with Crippen molar-refractivity contribution in [2.75, 3.05) is 6.54 Å². The standard InChI is InChI=1S/C26H30N4/c1-3-9-19(10-4-1)16-27-24(15-21-17-28-23-14-8-7-13-22(21)23)26-29-18-25(30-26)20-11-5-2-6-12-20/h2,5-8,11-14,17-19,24,27-28H,1,3-4,9-10,15-16H2,(H,29,30)/t24-/m1/s1. The zero-order chi connectivity index (χ0) is 20.2. The van der Waals surface area contributed by atoms with Gasteiger partial charge in [-0.25, -0.2) is 4.98 Å². The molecular weight excluding hydrogens is 368 g/mol. The summed E-state index contributed by atoms with van der Waals surface area (Å²) in [5.41, 5.74) is 4.69. The summed E-state index contributed by atoms with van der Waals surface area (Å²) in [5, 5.41) is 5.17. The molecule has 1 atom stereocenters. The van der Waals surface area contributed by atoms with Gasteiger partial charge in [0.15, 0.2) is 0 Å². The minimum atomic E-state index is 0.170. The van der Waals surface area contributed by atoms with Gasteiger partial charge in [0.05, 0.1) is 11.7 Å². The first-order valence-corrected chi connectivity index (χ1v) is 11.3. The van der Waals surface area contributed by atoms with Crippen LogP contribution in [0.3, 0.4) is 0 Å². The number of nitrogens with zero attached hydrogens (tertiary/aromatic N) is 1. The molecular formula is C26H30N4. The lowest BCUT2D eigenvalue weighted by atomic mass is 9.89. The van der Waals surface area contributed by atoms with E-state index in [0.29, 0.717) is 0 Å². The molecule has 4 aromatic rings. The molecule has 0 radical (unpaired) electrons. The number of imidazole rings is 1. The number of nitrogens with one attached hydrogen (secondary N) is 3. The van der Waals surface area contributed by atoms with Crippen LogP contribution in [0.2, 0.25) is 0 Å². The maximum atomic E-state index is 4.98. The van der Waals surface area contributed by atoms with E-state index in [1.54, 1.807) is 0 Å². The fourth-order valence-corrected chi connectivity index (χ4v) is 4.76. The van der Waals surface area contributed by atoms with E-state index in [9.17, 15) is 0 Å². The largest absolute Gasteiger partial charge is 0.361 e. The van der Waals surface area contributed by atoms with Gasteiger partial charge in [0.25, 0.3) is 0 Å². The molecule has 30 heavy (non-hydrogen) atoms. The first-order valence-electron chi connectivity index (χ1n) is 11.3. The Labute approximate surface area is 178 Å². The topological polar surface area (TPSA) is 56.5 Å². The van der Waals surface area contributed by atoms with Crippen LogP contribution in [0.1, 0.15) is 49.5 Å². The van der Waals surface area contributed by atoms with E-state index in [2.05, 4.69) is 70.0 Å². The van der Waals surface area contributed by atoms with Crippen molar-refractivity contribution in [3.63, 3.8) is 0 Å². The third-order valence-corrected chi connectivity index (χ3v) is 6.47. The predicted octanol–water partition coefficient (Wildman–Crippen LogP) is 6.01. The molecule has 1 fully saturated rings. The lowest BCUT2D eigenvalue weighted by Crippen LogP contribution is -2.30.